The zero-order valence-corrected chi connectivity index (χ0v) is 18.8. The van der Waals surface area contributed by atoms with E-state index in [-0.39, 0.29) is 11.9 Å². The predicted octanol–water partition coefficient (Wildman–Crippen LogP) is 6.01. The van der Waals surface area contributed by atoms with Crippen molar-refractivity contribution in [1.29, 1.82) is 0 Å². The first kappa shape index (κ1) is 23.2. The van der Waals surface area contributed by atoms with Gasteiger partial charge in [-0.15, -0.1) is 0 Å². The van der Waals surface area contributed by atoms with E-state index in [0.717, 1.165) is 17.7 Å². The first-order valence-corrected chi connectivity index (χ1v) is 11.3. The van der Waals surface area contributed by atoms with E-state index in [2.05, 4.69) is 29.2 Å². The highest BCUT2D eigenvalue weighted by Gasteiger charge is 2.38. The minimum Gasteiger partial charge on any atom is -0.484 e. The van der Waals surface area contributed by atoms with Crippen LogP contribution in [-0.4, -0.2) is 29.8 Å². The summed E-state index contributed by atoms with van der Waals surface area (Å²) >= 11 is 0. The van der Waals surface area contributed by atoms with Crippen molar-refractivity contribution < 1.29 is 9.53 Å². The second-order valence-corrected chi connectivity index (χ2v) is 7.27. The summed E-state index contributed by atoms with van der Waals surface area (Å²) in [7, 11) is 0. The van der Waals surface area contributed by atoms with Gasteiger partial charge in [-0.1, -0.05) is 64.1 Å². The molecule has 1 heterocycles. The van der Waals surface area contributed by atoms with Crippen LogP contribution in [0.3, 0.4) is 0 Å². The second kappa shape index (κ2) is 11.8. The van der Waals surface area contributed by atoms with Gasteiger partial charge in [0, 0.05) is 6.42 Å². The molecule has 0 spiro atoms. The average Bonchev–Trinajstić information content (AvgIpc) is 3.40. The van der Waals surface area contributed by atoms with Crippen molar-refractivity contribution in [2.45, 2.75) is 72.4 Å². The number of benzene rings is 2. The van der Waals surface area contributed by atoms with E-state index in [1.165, 1.54) is 37.1 Å². The molecule has 2 aromatic rings. The highest BCUT2D eigenvalue weighted by molar-refractivity contribution is 5.78. The van der Waals surface area contributed by atoms with Gasteiger partial charge in [-0.05, 0) is 68.1 Å². The Kier molecular flexibility index (Phi) is 9.40. The van der Waals surface area contributed by atoms with Crippen molar-refractivity contribution in [2.75, 3.05) is 13.1 Å². The van der Waals surface area contributed by atoms with Gasteiger partial charge >= 0.3 is 0 Å². The fraction of sp³-hybridized carbons (Fsp3) is 0.500. The third-order valence-electron chi connectivity index (χ3n) is 5.39. The van der Waals surface area contributed by atoms with Gasteiger partial charge in [0.1, 0.15) is 17.6 Å². The molecule has 1 unspecified atom stereocenters. The van der Waals surface area contributed by atoms with Crippen LogP contribution in [0.2, 0.25) is 0 Å². The van der Waals surface area contributed by atoms with Crippen LogP contribution in [0, 0.1) is 0 Å². The number of fused-ring (bicyclic) bond motifs is 1. The largest absolute Gasteiger partial charge is 0.484 e. The van der Waals surface area contributed by atoms with Gasteiger partial charge in [0.2, 0.25) is 0 Å². The van der Waals surface area contributed by atoms with Gasteiger partial charge in [0.25, 0.3) is 0 Å². The van der Waals surface area contributed by atoms with Gasteiger partial charge in [0.05, 0.1) is 6.04 Å². The maximum absolute atomic E-state index is 11.3. The van der Waals surface area contributed by atoms with E-state index in [0.29, 0.717) is 12.5 Å². The molecule has 3 heteroatoms. The van der Waals surface area contributed by atoms with Gasteiger partial charge in [-0.2, -0.15) is 0 Å². The molecule has 3 nitrogen and oxygen atoms in total. The zero-order valence-electron chi connectivity index (χ0n) is 18.8. The molecular formula is C26H37NO2. The molecule has 0 amide bonds. The molecule has 29 heavy (non-hydrogen) atoms. The number of ether oxygens (including phenoxy) is 1. The highest BCUT2D eigenvalue weighted by atomic mass is 16.5. The standard InChI is InChI=1S/C22H25NO2.2C2H6/c1-16(24)14-17-8-10-19(11-9-17)25-22-20-7-3-2-6-18(20)15-21(22)23-12-4-5-13-23;2*1-2/h2-3,6-11,21-22H,4-5,12-15H2,1H3;2*1-2H3/t21?,22-;;/m0../s1. The Morgan fingerprint density at radius 1 is 0.966 bits per heavy atom. The van der Waals surface area contributed by atoms with Crippen molar-refractivity contribution in [3.63, 3.8) is 0 Å². The van der Waals surface area contributed by atoms with E-state index >= 15 is 0 Å². The van der Waals surface area contributed by atoms with E-state index < -0.39 is 0 Å². The fourth-order valence-corrected chi connectivity index (χ4v) is 4.19. The lowest BCUT2D eigenvalue weighted by Gasteiger charge is -2.30. The van der Waals surface area contributed by atoms with Crippen molar-refractivity contribution in [1.82, 2.24) is 4.90 Å². The summed E-state index contributed by atoms with van der Waals surface area (Å²) in [6.07, 6.45) is 4.23. The summed E-state index contributed by atoms with van der Waals surface area (Å²) in [5, 5.41) is 0. The van der Waals surface area contributed by atoms with E-state index in [4.69, 9.17) is 4.74 Å². The molecule has 0 aromatic heterocycles. The normalized spacial score (nSPS) is 20.0. The lowest BCUT2D eigenvalue weighted by Crippen LogP contribution is -2.38. The van der Waals surface area contributed by atoms with Gasteiger partial charge < -0.3 is 4.74 Å². The Morgan fingerprint density at radius 2 is 1.59 bits per heavy atom. The van der Waals surface area contributed by atoms with Gasteiger partial charge in [0.15, 0.2) is 0 Å². The van der Waals surface area contributed by atoms with Crippen LogP contribution in [0.25, 0.3) is 0 Å². The maximum Gasteiger partial charge on any atom is 0.140 e. The average molecular weight is 396 g/mol. The van der Waals surface area contributed by atoms with Crippen LogP contribution in [-0.2, 0) is 17.6 Å². The van der Waals surface area contributed by atoms with Crippen LogP contribution >= 0.6 is 0 Å². The number of hydrogen-bond acceptors (Lipinski definition) is 3. The van der Waals surface area contributed by atoms with Crippen LogP contribution in [0.4, 0.5) is 0 Å². The molecule has 4 rings (SSSR count). The quantitative estimate of drug-likeness (QED) is 0.621. The van der Waals surface area contributed by atoms with Crippen LogP contribution in [0.15, 0.2) is 48.5 Å². The second-order valence-electron chi connectivity index (χ2n) is 7.27. The Hall–Kier alpha value is -2.13. The number of Topliss-reactive ketones (excluding diaryl/α,β-unsaturated/α-hetero) is 1. The van der Waals surface area contributed by atoms with E-state index in [1.54, 1.807) is 6.92 Å². The van der Waals surface area contributed by atoms with Crippen molar-refractivity contribution >= 4 is 5.78 Å². The third-order valence-corrected chi connectivity index (χ3v) is 5.39. The molecule has 0 bridgehead atoms. The minimum atomic E-state index is 0.0907. The molecule has 1 saturated heterocycles. The number of rotatable bonds is 5. The molecule has 2 aromatic carbocycles. The van der Waals surface area contributed by atoms with Gasteiger partial charge in [-0.25, -0.2) is 0 Å². The summed E-state index contributed by atoms with van der Waals surface area (Å²) in [5.74, 6) is 1.07. The van der Waals surface area contributed by atoms with E-state index in [1.807, 2.05) is 52.0 Å². The van der Waals surface area contributed by atoms with Crippen LogP contribution in [0.1, 0.15) is 70.3 Å². The molecule has 2 aliphatic rings. The first-order valence-electron chi connectivity index (χ1n) is 11.3. The van der Waals surface area contributed by atoms with Gasteiger partial charge in [-0.3, -0.25) is 9.69 Å². The Morgan fingerprint density at radius 3 is 2.21 bits per heavy atom. The summed E-state index contributed by atoms with van der Waals surface area (Å²) in [5.41, 5.74) is 3.78. The number of ketones is 1. The van der Waals surface area contributed by atoms with E-state index in [9.17, 15) is 4.79 Å². The first-order chi connectivity index (χ1) is 14.2. The molecule has 1 fully saturated rings. The monoisotopic (exact) mass is 395 g/mol. The maximum atomic E-state index is 11.3. The predicted molar refractivity (Wildman–Crippen MR) is 122 cm³/mol. The van der Waals surface area contributed by atoms with Crippen LogP contribution in [0.5, 0.6) is 5.75 Å². The molecule has 1 aliphatic heterocycles. The molecule has 0 saturated carbocycles. The summed E-state index contributed by atoms with van der Waals surface area (Å²) in [6.45, 7) is 12.0. The van der Waals surface area contributed by atoms with Crippen molar-refractivity contribution in [2.24, 2.45) is 0 Å². The Balaban J connectivity index is 0.000000707. The topological polar surface area (TPSA) is 29.5 Å². The number of nitrogens with zero attached hydrogens (tertiary/aromatic N) is 1. The third kappa shape index (κ3) is 5.93. The Bertz CT molecular complexity index is 748. The molecule has 0 radical (unpaired) electrons. The number of carbonyl (C=O) groups excluding carboxylic acids is 1. The summed E-state index contributed by atoms with van der Waals surface area (Å²) in [4.78, 5) is 13.9. The highest BCUT2D eigenvalue weighted by Crippen LogP contribution is 2.39. The number of hydrogen-bond donors (Lipinski definition) is 0. The lowest BCUT2D eigenvalue weighted by molar-refractivity contribution is -0.116. The summed E-state index contributed by atoms with van der Waals surface area (Å²) in [6, 6.07) is 17.1. The molecule has 0 N–H and O–H groups in total. The molecule has 1 aliphatic carbocycles. The van der Waals surface area contributed by atoms with Crippen molar-refractivity contribution in [3.05, 3.63) is 65.2 Å². The molecule has 2 atom stereocenters. The lowest BCUT2D eigenvalue weighted by atomic mass is 10.1. The summed E-state index contributed by atoms with van der Waals surface area (Å²) < 4.78 is 6.46. The van der Waals surface area contributed by atoms with Crippen molar-refractivity contribution in [3.8, 4) is 5.75 Å². The minimum absolute atomic E-state index is 0.0907. The molecular weight excluding hydrogens is 358 g/mol. The Labute approximate surface area is 177 Å². The molecule has 158 valence electrons. The zero-order chi connectivity index (χ0) is 21.2. The number of carbonyl (C=O) groups is 1. The van der Waals surface area contributed by atoms with Crippen LogP contribution < -0.4 is 4.74 Å². The smallest absolute Gasteiger partial charge is 0.140 e. The number of likely N-dealkylation sites (tertiary alicyclic amines) is 1. The fourth-order valence-electron chi connectivity index (χ4n) is 4.19. The SMILES string of the molecule is CC.CC.CC(=O)Cc1ccc(O[C@H]2c3ccccc3CC2N2CCCC2)cc1.